The zero-order valence-corrected chi connectivity index (χ0v) is 11.6. The van der Waals surface area contributed by atoms with Crippen molar-refractivity contribution in [3.05, 3.63) is 59.2 Å². The zero-order valence-electron chi connectivity index (χ0n) is 11.6. The van der Waals surface area contributed by atoms with Gasteiger partial charge in [0.05, 0.1) is 6.54 Å². The molecule has 1 N–H and O–H groups in total. The van der Waals surface area contributed by atoms with E-state index in [1.54, 1.807) is 0 Å². The standard InChI is InChI=1S/C17H18N2O/c1-12-6-7-13(20-12)10-19-9-8-15-14-4-2-3-5-16(14)18-17(15)11-19/h2-7,18H,8-11H2,1H3. The molecule has 20 heavy (non-hydrogen) atoms. The number of aromatic amines is 1. The van der Waals surface area contributed by atoms with Crippen LogP contribution in [0.1, 0.15) is 22.8 Å². The zero-order chi connectivity index (χ0) is 13.5. The van der Waals surface area contributed by atoms with Gasteiger partial charge in [-0.05, 0) is 37.1 Å². The van der Waals surface area contributed by atoms with Crippen molar-refractivity contribution in [3.8, 4) is 0 Å². The summed E-state index contributed by atoms with van der Waals surface area (Å²) in [5, 5.41) is 1.39. The van der Waals surface area contributed by atoms with Crippen molar-refractivity contribution in [3.63, 3.8) is 0 Å². The molecule has 0 spiro atoms. The molecule has 0 saturated heterocycles. The number of fused-ring (bicyclic) bond motifs is 3. The molecular formula is C17H18N2O. The van der Waals surface area contributed by atoms with Gasteiger partial charge in [-0.25, -0.2) is 0 Å². The maximum absolute atomic E-state index is 5.68. The second-order valence-corrected chi connectivity index (χ2v) is 5.60. The van der Waals surface area contributed by atoms with Gasteiger partial charge in [0.2, 0.25) is 0 Å². The van der Waals surface area contributed by atoms with E-state index >= 15 is 0 Å². The lowest BCUT2D eigenvalue weighted by Crippen LogP contribution is -2.29. The Kier molecular flexibility index (Phi) is 2.67. The first-order valence-electron chi connectivity index (χ1n) is 7.16. The Bertz CT molecular complexity index is 753. The molecule has 4 rings (SSSR count). The van der Waals surface area contributed by atoms with Gasteiger partial charge in [-0.1, -0.05) is 18.2 Å². The van der Waals surface area contributed by atoms with E-state index in [0.717, 1.165) is 37.6 Å². The van der Waals surface area contributed by atoms with Crippen molar-refractivity contribution in [2.75, 3.05) is 6.54 Å². The minimum Gasteiger partial charge on any atom is -0.465 e. The van der Waals surface area contributed by atoms with Crippen LogP contribution < -0.4 is 0 Å². The third-order valence-corrected chi connectivity index (χ3v) is 4.14. The van der Waals surface area contributed by atoms with Crippen LogP contribution in [0.3, 0.4) is 0 Å². The molecule has 1 aromatic carbocycles. The van der Waals surface area contributed by atoms with Crippen LogP contribution in [0.25, 0.3) is 10.9 Å². The number of H-pyrrole nitrogens is 1. The molecule has 0 saturated carbocycles. The molecule has 102 valence electrons. The highest BCUT2D eigenvalue weighted by Crippen LogP contribution is 2.28. The summed E-state index contributed by atoms with van der Waals surface area (Å²) in [5.74, 6) is 2.05. The van der Waals surface area contributed by atoms with Crippen LogP contribution in [-0.2, 0) is 19.5 Å². The van der Waals surface area contributed by atoms with E-state index in [-0.39, 0.29) is 0 Å². The summed E-state index contributed by atoms with van der Waals surface area (Å²) < 4.78 is 5.68. The van der Waals surface area contributed by atoms with E-state index in [4.69, 9.17) is 4.42 Å². The second-order valence-electron chi connectivity index (χ2n) is 5.60. The lowest BCUT2D eigenvalue weighted by atomic mass is 10.0. The van der Waals surface area contributed by atoms with E-state index in [0.29, 0.717) is 0 Å². The van der Waals surface area contributed by atoms with Crippen LogP contribution in [-0.4, -0.2) is 16.4 Å². The first-order valence-corrected chi connectivity index (χ1v) is 7.16. The molecule has 0 aliphatic carbocycles. The number of furan rings is 1. The van der Waals surface area contributed by atoms with Gasteiger partial charge in [0.1, 0.15) is 11.5 Å². The second kappa shape index (κ2) is 4.53. The first-order chi connectivity index (χ1) is 9.79. The smallest absolute Gasteiger partial charge is 0.118 e. The minimum absolute atomic E-state index is 0.892. The summed E-state index contributed by atoms with van der Waals surface area (Å²) in [7, 11) is 0. The van der Waals surface area contributed by atoms with Gasteiger partial charge in [0, 0.05) is 29.7 Å². The van der Waals surface area contributed by atoms with E-state index < -0.39 is 0 Å². The summed E-state index contributed by atoms with van der Waals surface area (Å²) in [6, 6.07) is 12.7. The van der Waals surface area contributed by atoms with E-state index in [1.807, 2.05) is 13.0 Å². The quantitative estimate of drug-likeness (QED) is 0.768. The summed E-state index contributed by atoms with van der Waals surface area (Å²) in [6.07, 6.45) is 1.11. The van der Waals surface area contributed by atoms with Crippen LogP contribution >= 0.6 is 0 Å². The van der Waals surface area contributed by atoms with Crippen LogP contribution in [0.2, 0.25) is 0 Å². The SMILES string of the molecule is Cc1ccc(CN2CCc3c([nH]c4ccccc34)C2)o1. The van der Waals surface area contributed by atoms with Gasteiger partial charge in [-0.15, -0.1) is 0 Å². The van der Waals surface area contributed by atoms with E-state index in [9.17, 15) is 0 Å². The average Bonchev–Trinajstić information content (AvgIpc) is 3.01. The topological polar surface area (TPSA) is 32.2 Å². The number of para-hydroxylation sites is 1. The van der Waals surface area contributed by atoms with E-state index in [1.165, 1.54) is 22.2 Å². The highest BCUT2D eigenvalue weighted by molar-refractivity contribution is 5.84. The molecule has 3 heterocycles. The predicted molar refractivity (Wildman–Crippen MR) is 79.6 cm³/mol. The van der Waals surface area contributed by atoms with Crippen LogP contribution in [0.5, 0.6) is 0 Å². The molecule has 1 aliphatic heterocycles. The maximum Gasteiger partial charge on any atom is 0.118 e. The van der Waals surface area contributed by atoms with Crippen molar-refractivity contribution in [2.24, 2.45) is 0 Å². The number of nitrogens with one attached hydrogen (secondary N) is 1. The van der Waals surface area contributed by atoms with E-state index in [2.05, 4.69) is 40.2 Å². The third-order valence-electron chi connectivity index (χ3n) is 4.14. The summed E-state index contributed by atoms with van der Waals surface area (Å²) in [5.41, 5.74) is 4.11. The Morgan fingerprint density at radius 1 is 1.20 bits per heavy atom. The molecule has 3 heteroatoms. The van der Waals surface area contributed by atoms with Gasteiger partial charge in [-0.2, -0.15) is 0 Å². The molecule has 0 amide bonds. The lowest BCUT2D eigenvalue weighted by Gasteiger charge is -2.25. The molecule has 0 atom stereocenters. The fourth-order valence-corrected chi connectivity index (χ4v) is 3.17. The van der Waals surface area contributed by atoms with Crippen molar-refractivity contribution in [1.82, 2.24) is 9.88 Å². The van der Waals surface area contributed by atoms with Crippen molar-refractivity contribution in [2.45, 2.75) is 26.4 Å². The van der Waals surface area contributed by atoms with Crippen LogP contribution in [0.4, 0.5) is 0 Å². The maximum atomic E-state index is 5.68. The number of hydrogen-bond donors (Lipinski definition) is 1. The molecule has 1 aliphatic rings. The molecule has 3 nitrogen and oxygen atoms in total. The lowest BCUT2D eigenvalue weighted by molar-refractivity contribution is 0.222. The normalized spacial score (nSPS) is 15.7. The number of nitrogens with zero attached hydrogens (tertiary/aromatic N) is 1. The molecule has 0 unspecified atom stereocenters. The van der Waals surface area contributed by atoms with Gasteiger partial charge in [0.25, 0.3) is 0 Å². The van der Waals surface area contributed by atoms with Crippen molar-refractivity contribution >= 4 is 10.9 Å². The molecular weight excluding hydrogens is 248 g/mol. The predicted octanol–water partition coefficient (Wildman–Crippen LogP) is 3.63. The summed E-state index contributed by atoms with van der Waals surface area (Å²) >= 11 is 0. The monoisotopic (exact) mass is 266 g/mol. The highest BCUT2D eigenvalue weighted by Gasteiger charge is 2.20. The average molecular weight is 266 g/mol. The molecule has 3 aromatic rings. The summed E-state index contributed by atoms with van der Waals surface area (Å²) in [6.45, 7) is 4.95. The highest BCUT2D eigenvalue weighted by atomic mass is 16.3. The Morgan fingerprint density at radius 3 is 2.95 bits per heavy atom. The van der Waals surface area contributed by atoms with Gasteiger partial charge in [-0.3, -0.25) is 4.90 Å². The molecule has 0 radical (unpaired) electrons. The molecule has 0 bridgehead atoms. The van der Waals surface area contributed by atoms with Crippen LogP contribution in [0.15, 0.2) is 40.8 Å². The Labute approximate surface area is 118 Å². The third kappa shape index (κ3) is 1.95. The van der Waals surface area contributed by atoms with Gasteiger partial charge >= 0.3 is 0 Å². The number of aryl methyl sites for hydroxylation is 1. The Morgan fingerprint density at radius 2 is 2.10 bits per heavy atom. The number of aromatic nitrogens is 1. The minimum atomic E-state index is 0.892. The van der Waals surface area contributed by atoms with Crippen molar-refractivity contribution in [1.29, 1.82) is 0 Å². The molecule has 2 aromatic heterocycles. The largest absolute Gasteiger partial charge is 0.465 e. The summed E-state index contributed by atoms with van der Waals surface area (Å²) in [4.78, 5) is 6.01. The van der Waals surface area contributed by atoms with Crippen LogP contribution in [0, 0.1) is 6.92 Å². The van der Waals surface area contributed by atoms with Gasteiger partial charge < -0.3 is 9.40 Å². The number of hydrogen-bond acceptors (Lipinski definition) is 2. The first kappa shape index (κ1) is 11.8. The Balaban J connectivity index is 1.60. The number of rotatable bonds is 2. The number of benzene rings is 1. The Hall–Kier alpha value is -2.00. The molecule has 0 fully saturated rings. The fraction of sp³-hybridized carbons (Fsp3) is 0.294. The van der Waals surface area contributed by atoms with Crippen molar-refractivity contribution < 1.29 is 4.42 Å². The fourth-order valence-electron chi connectivity index (χ4n) is 3.17. The van der Waals surface area contributed by atoms with Gasteiger partial charge in [0.15, 0.2) is 0 Å².